The Kier molecular flexibility index (Phi) is 6.04. The lowest BCUT2D eigenvalue weighted by Crippen LogP contribution is -2.36. The van der Waals surface area contributed by atoms with Gasteiger partial charge in [-0.1, -0.05) is 17.7 Å². The molecule has 6 heteroatoms. The summed E-state index contributed by atoms with van der Waals surface area (Å²) in [7, 11) is 1.52. The standard InChI is InChI=1S/C19H21ClN2O3/c1-12-7-13(2)9-16(8-12)22(14(3)23)11-19(24)21-15-5-6-18(25-4)17(20)10-15/h5-10H,11H2,1-4H3,(H,21,24). The van der Waals surface area contributed by atoms with E-state index in [2.05, 4.69) is 5.32 Å². The molecule has 0 heterocycles. The highest BCUT2D eigenvalue weighted by Gasteiger charge is 2.17. The molecule has 0 spiro atoms. The van der Waals surface area contributed by atoms with Crippen molar-refractivity contribution in [1.82, 2.24) is 0 Å². The molecule has 0 aliphatic rings. The molecule has 2 aromatic rings. The van der Waals surface area contributed by atoms with Gasteiger partial charge in [0.25, 0.3) is 0 Å². The minimum atomic E-state index is -0.310. The summed E-state index contributed by atoms with van der Waals surface area (Å²) in [5.41, 5.74) is 3.31. The number of methoxy groups -OCH3 is 1. The number of rotatable bonds is 5. The number of nitrogens with zero attached hydrogens (tertiary/aromatic N) is 1. The summed E-state index contributed by atoms with van der Waals surface area (Å²) in [4.78, 5) is 25.8. The quantitative estimate of drug-likeness (QED) is 0.878. The summed E-state index contributed by atoms with van der Waals surface area (Å²) in [5, 5.41) is 3.15. The van der Waals surface area contributed by atoms with Crippen LogP contribution in [-0.4, -0.2) is 25.5 Å². The predicted octanol–water partition coefficient (Wildman–Crippen LogP) is 3.96. The second kappa shape index (κ2) is 8.03. The average Bonchev–Trinajstić information content (AvgIpc) is 2.51. The van der Waals surface area contributed by atoms with E-state index in [1.807, 2.05) is 32.0 Å². The molecule has 0 unspecified atom stereocenters. The lowest BCUT2D eigenvalue weighted by Gasteiger charge is -2.22. The van der Waals surface area contributed by atoms with E-state index in [-0.39, 0.29) is 18.4 Å². The van der Waals surface area contributed by atoms with E-state index in [1.54, 1.807) is 18.2 Å². The Hall–Kier alpha value is -2.53. The SMILES string of the molecule is COc1ccc(NC(=O)CN(C(C)=O)c2cc(C)cc(C)c2)cc1Cl. The van der Waals surface area contributed by atoms with E-state index in [0.717, 1.165) is 11.1 Å². The number of amides is 2. The molecule has 0 atom stereocenters. The first-order chi connectivity index (χ1) is 11.8. The number of ether oxygens (including phenoxy) is 1. The first-order valence-electron chi connectivity index (χ1n) is 7.80. The van der Waals surface area contributed by atoms with Gasteiger partial charge < -0.3 is 15.0 Å². The second-order valence-corrected chi connectivity index (χ2v) is 6.26. The van der Waals surface area contributed by atoms with E-state index < -0.39 is 0 Å². The number of halogens is 1. The Bertz CT molecular complexity index is 785. The van der Waals surface area contributed by atoms with Gasteiger partial charge in [0.1, 0.15) is 12.3 Å². The maximum absolute atomic E-state index is 12.4. The fourth-order valence-electron chi connectivity index (χ4n) is 2.58. The van der Waals surface area contributed by atoms with Crippen LogP contribution in [0.25, 0.3) is 0 Å². The van der Waals surface area contributed by atoms with Gasteiger partial charge in [0.2, 0.25) is 11.8 Å². The van der Waals surface area contributed by atoms with Crippen molar-refractivity contribution < 1.29 is 14.3 Å². The fourth-order valence-corrected chi connectivity index (χ4v) is 2.84. The lowest BCUT2D eigenvalue weighted by molar-refractivity contribution is -0.120. The highest BCUT2D eigenvalue weighted by molar-refractivity contribution is 6.32. The molecule has 0 aliphatic carbocycles. The predicted molar refractivity (Wildman–Crippen MR) is 101 cm³/mol. The van der Waals surface area contributed by atoms with Crippen molar-refractivity contribution in [2.24, 2.45) is 0 Å². The first kappa shape index (κ1) is 18.8. The average molecular weight is 361 g/mol. The van der Waals surface area contributed by atoms with Gasteiger partial charge >= 0.3 is 0 Å². The molecule has 25 heavy (non-hydrogen) atoms. The Labute approximate surface area is 152 Å². The topological polar surface area (TPSA) is 58.6 Å². The molecule has 0 radical (unpaired) electrons. The lowest BCUT2D eigenvalue weighted by atomic mass is 10.1. The van der Waals surface area contributed by atoms with Crippen molar-refractivity contribution >= 4 is 34.8 Å². The summed E-state index contributed by atoms with van der Waals surface area (Å²) in [6, 6.07) is 10.7. The highest BCUT2D eigenvalue weighted by Crippen LogP contribution is 2.27. The Morgan fingerprint density at radius 3 is 2.28 bits per heavy atom. The van der Waals surface area contributed by atoms with E-state index in [0.29, 0.717) is 22.1 Å². The Morgan fingerprint density at radius 2 is 1.76 bits per heavy atom. The van der Waals surface area contributed by atoms with Crippen LogP contribution in [0.4, 0.5) is 11.4 Å². The Morgan fingerprint density at radius 1 is 1.12 bits per heavy atom. The summed E-state index contributed by atoms with van der Waals surface area (Å²) < 4.78 is 5.08. The zero-order valence-electron chi connectivity index (χ0n) is 14.7. The van der Waals surface area contributed by atoms with Crippen molar-refractivity contribution in [3.63, 3.8) is 0 Å². The molecule has 0 saturated carbocycles. The summed E-state index contributed by atoms with van der Waals surface area (Å²) >= 11 is 6.06. The summed E-state index contributed by atoms with van der Waals surface area (Å²) in [6.07, 6.45) is 0. The van der Waals surface area contributed by atoms with Crippen molar-refractivity contribution in [2.45, 2.75) is 20.8 Å². The molecule has 0 bridgehead atoms. The third-order valence-corrected chi connectivity index (χ3v) is 3.93. The zero-order chi connectivity index (χ0) is 18.6. The largest absolute Gasteiger partial charge is 0.495 e. The smallest absolute Gasteiger partial charge is 0.244 e. The van der Waals surface area contributed by atoms with Gasteiger partial charge in [0.15, 0.2) is 0 Å². The van der Waals surface area contributed by atoms with Crippen LogP contribution >= 0.6 is 11.6 Å². The van der Waals surface area contributed by atoms with Gasteiger partial charge in [-0.05, 0) is 55.3 Å². The minimum Gasteiger partial charge on any atom is -0.495 e. The third-order valence-electron chi connectivity index (χ3n) is 3.64. The molecule has 2 aromatic carbocycles. The molecule has 5 nitrogen and oxygen atoms in total. The van der Waals surface area contributed by atoms with Crippen LogP contribution in [-0.2, 0) is 9.59 Å². The number of benzene rings is 2. The van der Waals surface area contributed by atoms with Crippen LogP contribution in [0.3, 0.4) is 0 Å². The van der Waals surface area contributed by atoms with E-state index in [1.165, 1.54) is 18.9 Å². The van der Waals surface area contributed by atoms with Crippen LogP contribution < -0.4 is 15.0 Å². The van der Waals surface area contributed by atoms with E-state index in [4.69, 9.17) is 16.3 Å². The van der Waals surface area contributed by atoms with Gasteiger partial charge in [-0.25, -0.2) is 0 Å². The molecule has 0 fully saturated rings. The van der Waals surface area contributed by atoms with Crippen LogP contribution in [0.5, 0.6) is 5.75 Å². The van der Waals surface area contributed by atoms with Crippen molar-refractivity contribution in [3.8, 4) is 5.75 Å². The molecule has 2 amide bonds. The normalized spacial score (nSPS) is 10.3. The van der Waals surface area contributed by atoms with Crippen molar-refractivity contribution in [3.05, 3.63) is 52.5 Å². The first-order valence-corrected chi connectivity index (χ1v) is 8.17. The molecule has 0 aromatic heterocycles. The molecular formula is C19H21ClN2O3. The van der Waals surface area contributed by atoms with Gasteiger partial charge in [-0.2, -0.15) is 0 Å². The second-order valence-electron chi connectivity index (χ2n) is 5.85. The molecule has 0 saturated heterocycles. The summed E-state index contributed by atoms with van der Waals surface area (Å²) in [5.74, 6) is 0.0174. The van der Waals surface area contributed by atoms with Crippen LogP contribution in [0, 0.1) is 13.8 Å². The maximum atomic E-state index is 12.4. The molecule has 132 valence electrons. The van der Waals surface area contributed by atoms with Gasteiger partial charge in [0.05, 0.1) is 12.1 Å². The summed E-state index contributed by atoms with van der Waals surface area (Å²) in [6.45, 7) is 5.26. The minimum absolute atomic E-state index is 0.0815. The van der Waals surface area contributed by atoms with Crippen molar-refractivity contribution in [2.75, 3.05) is 23.9 Å². The van der Waals surface area contributed by atoms with E-state index in [9.17, 15) is 9.59 Å². The molecule has 0 aliphatic heterocycles. The van der Waals surface area contributed by atoms with Crippen LogP contribution in [0.15, 0.2) is 36.4 Å². The van der Waals surface area contributed by atoms with Crippen molar-refractivity contribution in [1.29, 1.82) is 0 Å². The highest BCUT2D eigenvalue weighted by atomic mass is 35.5. The van der Waals surface area contributed by atoms with Gasteiger partial charge in [-0.3, -0.25) is 9.59 Å². The molecule has 1 N–H and O–H groups in total. The Balaban J connectivity index is 2.15. The number of carbonyl (C=O) groups is 2. The van der Waals surface area contributed by atoms with Crippen LogP contribution in [0.1, 0.15) is 18.1 Å². The van der Waals surface area contributed by atoms with Gasteiger partial charge in [-0.15, -0.1) is 0 Å². The fraction of sp³-hybridized carbons (Fsp3) is 0.263. The van der Waals surface area contributed by atoms with Gasteiger partial charge in [0, 0.05) is 18.3 Å². The number of nitrogens with one attached hydrogen (secondary N) is 1. The number of anilines is 2. The molecular weight excluding hydrogens is 340 g/mol. The number of aryl methyl sites for hydroxylation is 2. The number of carbonyl (C=O) groups excluding carboxylic acids is 2. The van der Waals surface area contributed by atoms with E-state index >= 15 is 0 Å². The zero-order valence-corrected chi connectivity index (χ0v) is 15.5. The number of hydrogen-bond donors (Lipinski definition) is 1. The maximum Gasteiger partial charge on any atom is 0.244 e. The monoisotopic (exact) mass is 360 g/mol. The van der Waals surface area contributed by atoms with Crippen LogP contribution in [0.2, 0.25) is 5.02 Å². The number of hydrogen-bond acceptors (Lipinski definition) is 3. The molecule has 2 rings (SSSR count). The third kappa shape index (κ3) is 4.97.